The van der Waals surface area contributed by atoms with Crippen LogP contribution in [0.15, 0.2) is 188 Å². The van der Waals surface area contributed by atoms with E-state index in [9.17, 15) is 0 Å². The monoisotopic (exact) mass is 753 g/mol. The van der Waals surface area contributed by atoms with Gasteiger partial charge in [-0.15, -0.1) is 11.3 Å². The van der Waals surface area contributed by atoms with Crippen LogP contribution in [0.4, 0.5) is 0 Å². The molecule has 0 bridgehead atoms. The number of fused-ring (bicyclic) bond motifs is 10. The predicted octanol–water partition coefficient (Wildman–Crippen LogP) is 14.9. The summed E-state index contributed by atoms with van der Waals surface area (Å²) in [6, 6.07) is 68.4. The van der Waals surface area contributed by atoms with Crippen LogP contribution in [-0.4, -0.2) is 14.5 Å². The van der Waals surface area contributed by atoms with Crippen molar-refractivity contribution in [2.24, 2.45) is 0 Å². The molecular weight excluding hydrogens is 723 g/mol. The first-order valence-electron chi connectivity index (χ1n) is 19.7. The Kier molecular flexibility index (Phi) is 6.60. The van der Waals surface area contributed by atoms with Crippen molar-refractivity contribution in [1.29, 1.82) is 0 Å². The lowest BCUT2D eigenvalue weighted by atomic mass is 9.93. The van der Waals surface area contributed by atoms with Gasteiger partial charge < -0.3 is 0 Å². The minimum absolute atomic E-state index is 0.660. The van der Waals surface area contributed by atoms with Crippen molar-refractivity contribution >= 4 is 75.0 Å². The van der Waals surface area contributed by atoms with Gasteiger partial charge in [-0.3, -0.25) is 4.57 Å². The molecule has 0 saturated heterocycles. The second kappa shape index (κ2) is 12.1. The highest BCUT2D eigenvalue weighted by atomic mass is 32.1. The molecule has 3 nitrogen and oxygen atoms in total. The molecule has 3 aromatic heterocycles. The van der Waals surface area contributed by atoms with Gasteiger partial charge in [-0.25, -0.2) is 9.97 Å². The van der Waals surface area contributed by atoms with Crippen LogP contribution in [0.25, 0.3) is 125 Å². The molecule has 0 saturated carbocycles. The summed E-state index contributed by atoms with van der Waals surface area (Å²) in [5.41, 5.74) is 15.1. The zero-order valence-corrected chi connectivity index (χ0v) is 32.0. The van der Waals surface area contributed by atoms with Crippen molar-refractivity contribution in [3.63, 3.8) is 0 Å². The minimum atomic E-state index is 0.660. The van der Waals surface area contributed by atoms with Crippen LogP contribution in [0.1, 0.15) is 0 Å². The van der Waals surface area contributed by atoms with Crippen LogP contribution in [0.2, 0.25) is 0 Å². The molecule has 0 radical (unpaired) electrons. The first-order chi connectivity index (χ1) is 28.7. The highest BCUT2D eigenvalue weighted by Crippen LogP contribution is 2.49. The molecule has 0 atom stereocenters. The molecule has 0 aliphatic heterocycles. The normalized spacial score (nSPS) is 12.1. The average molecular weight is 754 g/mol. The molecule has 1 aliphatic rings. The van der Waals surface area contributed by atoms with E-state index in [0.29, 0.717) is 5.95 Å². The maximum absolute atomic E-state index is 5.44. The maximum atomic E-state index is 5.44. The Hall–Kier alpha value is -7.40. The molecule has 4 heteroatoms. The number of hydrogen-bond acceptors (Lipinski definition) is 3. The second-order valence-electron chi connectivity index (χ2n) is 15.3. The third-order valence-electron chi connectivity index (χ3n) is 12.2. The van der Waals surface area contributed by atoms with E-state index in [1.807, 2.05) is 11.3 Å². The van der Waals surface area contributed by atoms with Gasteiger partial charge in [0, 0.05) is 41.9 Å². The van der Waals surface area contributed by atoms with Gasteiger partial charge in [-0.2, -0.15) is 0 Å². The molecule has 0 spiro atoms. The molecule has 0 unspecified atom stereocenters. The van der Waals surface area contributed by atoms with E-state index in [2.05, 4.69) is 193 Å². The first kappa shape index (κ1) is 31.8. The Morgan fingerprint density at radius 3 is 1.83 bits per heavy atom. The van der Waals surface area contributed by atoms with Crippen LogP contribution in [0.5, 0.6) is 0 Å². The van der Waals surface area contributed by atoms with E-state index in [1.54, 1.807) is 0 Å². The zero-order chi connectivity index (χ0) is 37.9. The lowest BCUT2D eigenvalue weighted by Crippen LogP contribution is -2.03. The summed E-state index contributed by atoms with van der Waals surface area (Å²) in [5.74, 6) is 0.660. The molecule has 0 N–H and O–H groups in total. The van der Waals surface area contributed by atoms with Gasteiger partial charge in [0.05, 0.1) is 22.2 Å². The van der Waals surface area contributed by atoms with Crippen molar-refractivity contribution < 1.29 is 0 Å². The number of nitrogens with zero attached hydrogens (tertiary/aromatic N) is 3. The zero-order valence-electron chi connectivity index (χ0n) is 31.1. The van der Waals surface area contributed by atoms with E-state index < -0.39 is 0 Å². The predicted molar refractivity (Wildman–Crippen MR) is 245 cm³/mol. The molecule has 0 amide bonds. The largest absolute Gasteiger partial charge is 0.278 e. The third kappa shape index (κ3) is 4.55. The van der Waals surface area contributed by atoms with Gasteiger partial charge in [0.25, 0.3) is 0 Å². The summed E-state index contributed by atoms with van der Waals surface area (Å²) in [4.78, 5) is 10.7. The molecule has 13 rings (SSSR count). The van der Waals surface area contributed by atoms with Gasteiger partial charge >= 0.3 is 0 Å². The van der Waals surface area contributed by atoms with Gasteiger partial charge in [0.1, 0.15) is 0 Å². The molecule has 9 aromatic carbocycles. The number of aromatic nitrogens is 3. The number of para-hydroxylation sites is 2. The summed E-state index contributed by atoms with van der Waals surface area (Å²) in [6.07, 6.45) is 0. The highest BCUT2D eigenvalue weighted by Gasteiger charge is 2.23. The van der Waals surface area contributed by atoms with Gasteiger partial charge in [0.2, 0.25) is 5.95 Å². The summed E-state index contributed by atoms with van der Waals surface area (Å²) in [7, 11) is 0. The standard InChI is InChI=1S/C54H31N3S/c1-2-11-38-37(10-1)43-16-9-15-42-36(27-28-44(38)52(42)43)32-20-22-33(23-21-32)53-45-14-3-6-17-47(45)55-54(56-53)57-48-18-7-4-12-39(48)40-26-24-35(31-49(40)57)34-25-29-51-46(30-34)41-13-5-8-19-50(41)58-51/h1-31H. The lowest BCUT2D eigenvalue weighted by Gasteiger charge is -2.13. The van der Waals surface area contributed by atoms with Crippen LogP contribution < -0.4 is 0 Å². The van der Waals surface area contributed by atoms with Crippen LogP contribution >= 0.6 is 11.3 Å². The number of benzene rings is 9. The Labute approximate surface area is 337 Å². The molecule has 58 heavy (non-hydrogen) atoms. The highest BCUT2D eigenvalue weighted by molar-refractivity contribution is 7.25. The SMILES string of the molecule is c1ccc2c(c1)-c1cccc3c(-c4ccc(-c5nc(-n6c7ccccc7c7ccc(-c8ccc9sc%10ccccc%10c9c8)cc76)nc6ccccc56)cc4)ccc-2c13. The van der Waals surface area contributed by atoms with E-state index in [4.69, 9.17) is 9.97 Å². The van der Waals surface area contributed by atoms with E-state index in [-0.39, 0.29) is 0 Å². The van der Waals surface area contributed by atoms with E-state index in [1.165, 1.54) is 80.7 Å². The summed E-state index contributed by atoms with van der Waals surface area (Å²) < 4.78 is 4.87. The van der Waals surface area contributed by atoms with Crippen molar-refractivity contribution in [3.8, 4) is 61.7 Å². The smallest absolute Gasteiger partial charge is 0.235 e. The molecule has 3 heterocycles. The quantitative estimate of drug-likeness (QED) is 0.179. The van der Waals surface area contributed by atoms with E-state index in [0.717, 1.165) is 38.8 Å². The van der Waals surface area contributed by atoms with Crippen molar-refractivity contribution in [2.75, 3.05) is 0 Å². The molecule has 1 aliphatic carbocycles. The lowest BCUT2D eigenvalue weighted by molar-refractivity contribution is 1.01. The second-order valence-corrected chi connectivity index (χ2v) is 16.4. The fraction of sp³-hybridized carbons (Fsp3) is 0. The number of hydrogen-bond donors (Lipinski definition) is 0. The van der Waals surface area contributed by atoms with Crippen molar-refractivity contribution in [2.45, 2.75) is 0 Å². The Morgan fingerprint density at radius 1 is 0.345 bits per heavy atom. The van der Waals surface area contributed by atoms with Crippen LogP contribution in [0, 0.1) is 0 Å². The van der Waals surface area contributed by atoms with Gasteiger partial charge in [0.15, 0.2) is 0 Å². The maximum Gasteiger partial charge on any atom is 0.235 e. The summed E-state index contributed by atoms with van der Waals surface area (Å²) in [5, 5.41) is 8.61. The van der Waals surface area contributed by atoms with Crippen LogP contribution in [0.3, 0.4) is 0 Å². The van der Waals surface area contributed by atoms with Gasteiger partial charge in [-0.1, -0.05) is 152 Å². The molecule has 12 aromatic rings. The minimum Gasteiger partial charge on any atom is -0.278 e. The number of thiophene rings is 1. The molecule has 0 fully saturated rings. The summed E-state index contributed by atoms with van der Waals surface area (Å²) >= 11 is 1.85. The van der Waals surface area contributed by atoms with Gasteiger partial charge in [-0.05, 0) is 91.7 Å². The van der Waals surface area contributed by atoms with Crippen LogP contribution in [-0.2, 0) is 0 Å². The first-order valence-corrected chi connectivity index (χ1v) is 20.6. The Morgan fingerprint density at radius 2 is 0.948 bits per heavy atom. The average Bonchev–Trinajstić information content (AvgIpc) is 3.94. The Balaban J connectivity index is 0.965. The molecule has 268 valence electrons. The van der Waals surface area contributed by atoms with E-state index >= 15 is 0 Å². The number of rotatable bonds is 4. The summed E-state index contributed by atoms with van der Waals surface area (Å²) in [6.45, 7) is 0. The topological polar surface area (TPSA) is 30.7 Å². The van der Waals surface area contributed by atoms with Crippen molar-refractivity contribution in [3.05, 3.63) is 188 Å². The molecular formula is C54H31N3S. The Bertz CT molecular complexity index is 3650. The fourth-order valence-corrected chi connectivity index (χ4v) is 10.6. The fourth-order valence-electron chi connectivity index (χ4n) is 9.52. The third-order valence-corrected chi connectivity index (χ3v) is 13.3. The van der Waals surface area contributed by atoms with Crippen molar-refractivity contribution in [1.82, 2.24) is 14.5 Å².